The molecule has 158 valence electrons. The molecule has 31 heavy (non-hydrogen) atoms. The van der Waals surface area contributed by atoms with E-state index in [0.29, 0.717) is 19.6 Å². The Hall–Kier alpha value is -2.77. The van der Waals surface area contributed by atoms with Crippen molar-refractivity contribution in [1.29, 1.82) is 0 Å². The van der Waals surface area contributed by atoms with Gasteiger partial charge in [0.1, 0.15) is 5.82 Å². The molecule has 1 saturated heterocycles. The van der Waals surface area contributed by atoms with Gasteiger partial charge in [-0.3, -0.25) is 4.79 Å². The number of hydrogen-bond acceptors (Lipinski definition) is 5. The summed E-state index contributed by atoms with van der Waals surface area (Å²) in [5.74, 6) is 0.851. The summed E-state index contributed by atoms with van der Waals surface area (Å²) in [6, 6.07) is 18.2. The molecular formula is C24H23BrN4O2. The van der Waals surface area contributed by atoms with E-state index in [0.717, 1.165) is 51.1 Å². The van der Waals surface area contributed by atoms with Crippen LogP contribution in [0.5, 0.6) is 0 Å². The maximum atomic E-state index is 12.6. The lowest BCUT2D eigenvalue weighted by atomic mass is 9.97. The first-order valence-corrected chi connectivity index (χ1v) is 11.2. The number of benzene rings is 2. The van der Waals surface area contributed by atoms with Crippen molar-refractivity contribution in [2.75, 3.05) is 31.2 Å². The molecule has 7 heteroatoms. The summed E-state index contributed by atoms with van der Waals surface area (Å²) in [7, 11) is 0. The largest absolute Gasteiger partial charge is 0.378 e. The monoisotopic (exact) mass is 478 g/mol. The van der Waals surface area contributed by atoms with E-state index < -0.39 is 0 Å². The van der Waals surface area contributed by atoms with E-state index in [2.05, 4.69) is 33.0 Å². The fourth-order valence-corrected chi connectivity index (χ4v) is 4.52. The Bertz CT molecular complexity index is 1160. The van der Waals surface area contributed by atoms with Crippen molar-refractivity contribution in [3.05, 3.63) is 70.2 Å². The Balaban J connectivity index is 1.59. The summed E-state index contributed by atoms with van der Waals surface area (Å²) in [6.45, 7) is 4.49. The van der Waals surface area contributed by atoms with Crippen LogP contribution in [-0.4, -0.2) is 47.9 Å². The second kappa shape index (κ2) is 8.40. The molecule has 1 unspecified atom stereocenters. The van der Waals surface area contributed by atoms with Crippen LogP contribution in [0.25, 0.3) is 10.9 Å². The lowest BCUT2D eigenvalue weighted by Gasteiger charge is -2.32. The average Bonchev–Trinajstić information content (AvgIpc) is 3.25. The van der Waals surface area contributed by atoms with E-state index in [-0.39, 0.29) is 11.9 Å². The first kappa shape index (κ1) is 20.2. The quantitative estimate of drug-likeness (QED) is 0.554. The molecule has 0 spiro atoms. The number of amides is 1. The number of fused-ring (bicyclic) bond motifs is 1. The van der Waals surface area contributed by atoms with E-state index in [1.165, 1.54) is 0 Å². The Morgan fingerprint density at radius 3 is 2.58 bits per heavy atom. The molecule has 0 aliphatic carbocycles. The molecule has 6 nitrogen and oxygen atoms in total. The summed E-state index contributed by atoms with van der Waals surface area (Å²) in [5.41, 5.74) is 3.92. The van der Waals surface area contributed by atoms with Gasteiger partial charge in [-0.15, -0.1) is 0 Å². The second-order valence-corrected chi connectivity index (χ2v) is 8.75. The summed E-state index contributed by atoms with van der Waals surface area (Å²) < 4.78 is 6.57. The maximum Gasteiger partial charge on any atom is 0.240 e. The van der Waals surface area contributed by atoms with Crippen molar-refractivity contribution >= 4 is 44.3 Å². The molecule has 0 radical (unpaired) electrons. The first-order valence-electron chi connectivity index (χ1n) is 10.5. The molecule has 1 aromatic heterocycles. The summed E-state index contributed by atoms with van der Waals surface area (Å²) >= 11 is 3.49. The second-order valence-electron chi connectivity index (χ2n) is 7.83. The highest BCUT2D eigenvalue weighted by atomic mass is 79.9. The van der Waals surface area contributed by atoms with Crippen LogP contribution in [0.1, 0.15) is 30.5 Å². The van der Waals surface area contributed by atoms with Gasteiger partial charge in [-0.05, 0) is 29.8 Å². The molecule has 3 aromatic rings. The maximum absolute atomic E-state index is 12.6. The number of rotatable bonds is 3. The van der Waals surface area contributed by atoms with E-state index in [4.69, 9.17) is 14.8 Å². The van der Waals surface area contributed by atoms with Crippen molar-refractivity contribution in [3.63, 3.8) is 0 Å². The zero-order valence-electron chi connectivity index (χ0n) is 17.3. The fourth-order valence-electron chi connectivity index (χ4n) is 4.26. The SMILES string of the molecule is CC(=O)N1N=C(c2ccc(Br)cc2)CC1c1cc2ccccc2nc1N1CCOCC1. The molecule has 1 fully saturated rings. The number of carbonyl (C=O) groups excluding carboxylic acids is 1. The van der Waals surface area contributed by atoms with Gasteiger partial charge in [0.15, 0.2) is 0 Å². The number of ether oxygens (including phenoxy) is 1. The van der Waals surface area contributed by atoms with Crippen LogP contribution in [0.15, 0.2) is 64.2 Å². The summed E-state index contributed by atoms with van der Waals surface area (Å²) in [4.78, 5) is 19.9. The third-order valence-electron chi connectivity index (χ3n) is 5.81. The highest BCUT2D eigenvalue weighted by Gasteiger charge is 2.34. The van der Waals surface area contributed by atoms with Crippen LogP contribution in [-0.2, 0) is 9.53 Å². The zero-order chi connectivity index (χ0) is 21.4. The smallest absolute Gasteiger partial charge is 0.240 e. The Kier molecular flexibility index (Phi) is 5.46. The minimum Gasteiger partial charge on any atom is -0.378 e. The third-order valence-corrected chi connectivity index (χ3v) is 6.34. The molecule has 0 N–H and O–H groups in total. The van der Waals surface area contributed by atoms with Crippen molar-refractivity contribution < 1.29 is 9.53 Å². The number of hydrazone groups is 1. The number of aromatic nitrogens is 1. The lowest BCUT2D eigenvalue weighted by molar-refractivity contribution is -0.130. The van der Waals surface area contributed by atoms with Crippen LogP contribution in [0.2, 0.25) is 0 Å². The number of para-hydroxylation sites is 1. The minimum absolute atomic E-state index is 0.0711. The number of morpholine rings is 1. The minimum atomic E-state index is -0.189. The zero-order valence-corrected chi connectivity index (χ0v) is 18.9. The normalized spacial score (nSPS) is 19.0. The van der Waals surface area contributed by atoms with Gasteiger partial charge in [-0.1, -0.05) is 46.3 Å². The Labute approximate surface area is 189 Å². The van der Waals surface area contributed by atoms with Gasteiger partial charge in [-0.25, -0.2) is 9.99 Å². The summed E-state index contributed by atoms with van der Waals surface area (Å²) in [5, 5.41) is 7.41. The number of pyridine rings is 1. The molecule has 3 heterocycles. The molecule has 2 aliphatic heterocycles. The van der Waals surface area contributed by atoms with Crippen molar-refractivity contribution in [3.8, 4) is 0 Å². The molecule has 0 bridgehead atoms. The van der Waals surface area contributed by atoms with Gasteiger partial charge in [-0.2, -0.15) is 5.10 Å². The number of carbonyl (C=O) groups is 1. The van der Waals surface area contributed by atoms with E-state index in [1.807, 2.05) is 42.5 Å². The fraction of sp³-hybridized carbons (Fsp3) is 0.292. The predicted octanol–water partition coefficient (Wildman–Crippen LogP) is 4.53. The highest BCUT2D eigenvalue weighted by Crippen LogP contribution is 2.39. The van der Waals surface area contributed by atoms with Gasteiger partial charge in [0.25, 0.3) is 0 Å². The molecule has 2 aliphatic rings. The van der Waals surface area contributed by atoms with Gasteiger partial charge in [0.2, 0.25) is 5.91 Å². The standard InChI is InChI=1S/C24H23BrN4O2/c1-16(30)29-23(15-22(27-29)17-6-8-19(25)9-7-17)20-14-18-4-2-3-5-21(18)26-24(20)28-10-12-31-13-11-28/h2-9,14,23H,10-13,15H2,1H3. The average molecular weight is 479 g/mol. The number of halogens is 1. The van der Waals surface area contributed by atoms with Crippen LogP contribution in [0.4, 0.5) is 5.82 Å². The molecule has 0 saturated carbocycles. The lowest BCUT2D eigenvalue weighted by Crippen LogP contribution is -2.38. The number of anilines is 1. The molecule has 2 aromatic carbocycles. The molecule has 1 amide bonds. The van der Waals surface area contributed by atoms with Gasteiger partial charge in [0.05, 0.1) is 30.5 Å². The van der Waals surface area contributed by atoms with Crippen LogP contribution < -0.4 is 4.90 Å². The third kappa shape index (κ3) is 3.95. The van der Waals surface area contributed by atoms with Crippen molar-refractivity contribution in [2.45, 2.75) is 19.4 Å². The topological polar surface area (TPSA) is 58.0 Å². The van der Waals surface area contributed by atoms with E-state index in [9.17, 15) is 4.79 Å². The Morgan fingerprint density at radius 2 is 1.84 bits per heavy atom. The predicted molar refractivity (Wildman–Crippen MR) is 125 cm³/mol. The van der Waals surface area contributed by atoms with Gasteiger partial charge in [0, 0.05) is 41.9 Å². The number of nitrogens with zero attached hydrogens (tertiary/aromatic N) is 4. The van der Waals surface area contributed by atoms with E-state index in [1.54, 1.807) is 11.9 Å². The highest BCUT2D eigenvalue weighted by molar-refractivity contribution is 9.10. The van der Waals surface area contributed by atoms with E-state index >= 15 is 0 Å². The van der Waals surface area contributed by atoms with Crippen LogP contribution in [0.3, 0.4) is 0 Å². The Morgan fingerprint density at radius 1 is 1.10 bits per heavy atom. The first-order chi connectivity index (χ1) is 15.1. The van der Waals surface area contributed by atoms with Crippen molar-refractivity contribution in [2.24, 2.45) is 5.10 Å². The molecular weight excluding hydrogens is 456 g/mol. The summed E-state index contributed by atoms with van der Waals surface area (Å²) in [6.07, 6.45) is 0.651. The number of hydrogen-bond donors (Lipinski definition) is 0. The van der Waals surface area contributed by atoms with Gasteiger partial charge >= 0.3 is 0 Å². The van der Waals surface area contributed by atoms with Crippen LogP contribution >= 0.6 is 15.9 Å². The van der Waals surface area contributed by atoms with Gasteiger partial charge < -0.3 is 9.64 Å². The van der Waals surface area contributed by atoms with Crippen molar-refractivity contribution in [1.82, 2.24) is 9.99 Å². The van der Waals surface area contributed by atoms with Crippen LogP contribution in [0, 0.1) is 0 Å². The molecule has 5 rings (SSSR count). The molecule has 1 atom stereocenters.